The van der Waals surface area contributed by atoms with Crippen molar-refractivity contribution in [3.8, 4) is 0 Å². The van der Waals surface area contributed by atoms with Crippen LogP contribution >= 0.6 is 0 Å². The first-order valence-corrected chi connectivity index (χ1v) is 2.52. The molecule has 0 rings (SSSR count). The molecule has 0 spiro atoms. The van der Waals surface area contributed by atoms with Crippen LogP contribution in [0.15, 0.2) is 0 Å². The van der Waals surface area contributed by atoms with Crippen LogP contribution in [0, 0.1) is 0 Å². The summed E-state index contributed by atoms with van der Waals surface area (Å²) in [6.07, 6.45) is -3.17. The van der Waals surface area contributed by atoms with E-state index in [4.69, 9.17) is 0 Å². The van der Waals surface area contributed by atoms with Crippen molar-refractivity contribution in [3.63, 3.8) is 0 Å². The number of methoxy groups -OCH3 is 1. The first kappa shape index (κ1) is 8.87. The summed E-state index contributed by atoms with van der Waals surface area (Å²) < 4.78 is 19.3. The Bertz CT molecular complexity index is 145. The van der Waals surface area contributed by atoms with Crippen molar-refractivity contribution < 1.29 is 23.5 Å². The summed E-state index contributed by atoms with van der Waals surface area (Å²) in [7, 11) is 1.12. The summed E-state index contributed by atoms with van der Waals surface area (Å²) in [6.45, 7) is 1.21. The van der Waals surface area contributed by atoms with Gasteiger partial charge in [0.15, 0.2) is 6.10 Å². The third-order valence-electron chi connectivity index (χ3n) is 0.803. The second-order valence-electron chi connectivity index (χ2n) is 1.52. The van der Waals surface area contributed by atoms with Crippen LogP contribution in [0.3, 0.4) is 0 Å². The molecule has 5 heteroatoms. The van der Waals surface area contributed by atoms with E-state index in [9.17, 15) is 14.0 Å². The van der Waals surface area contributed by atoms with E-state index >= 15 is 0 Å². The first-order chi connectivity index (χ1) is 4.57. The predicted molar refractivity (Wildman–Crippen MR) is 29.1 cm³/mol. The van der Waals surface area contributed by atoms with E-state index < -0.39 is 18.3 Å². The lowest BCUT2D eigenvalue weighted by Gasteiger charge is -2.05. The zero-order valence-corrected chi connectivity index (χ0v) is 5.59. The van der Waals surface area contributed by atoms with Crippen molar-refractivity contribution in [2.24, 2.45) is 0 Å². The molecule has 0 aromatic rings. The lowest BCUT2D eigenvalue weighted by Crippen LogP contribution is -2.23. The Morgan fingerprint density at radius 3 is 2.30 bits per heavy atom. The van der Waals surface area contributed by atoms with Gasteiger partial charge in [0.25, 0.3) is 0 Å². The highest BCUT2D eigenvalue weighted by Crippen LogP contribution is 1.95. The number of esters is 1. The maximum absolute atomic E-state index is 11.4. The molecular weight excluding hydrogens is 143 g/mol. The summed E-state index contributed by atoms with van der Waals surface area (Å²) in [6, 6.07) is 0. The van der Waals surface area contributed by atoms with Gasteiger partial charge in [0, 0.05) is 0 Å². The molecule has 1 atom stereocenters. The third-order valence-corrected chi connectivity index (χ3v) is 0.803. The fraction of sp³-hybridized carbons (Fsp3) is 0.600. The molecule has 0 unspecified atom stereocenters. The maximum Gasteiger partial charge on any atom is 0.496 e. The molecule has 58 valence electrons. The molecule has 0 radical (unpaired) electrons. The summed E-state index contributed by atoms with van der Waals surface area (Å²) >= 11 is 0. The molecule has 0 aromatic heterocycles. The van der Waals surface area contributed by atoms with Gasteiger partial charge < -0.3 is 9.47 Å². The van der Waals surface area contributed by atoms with E-state index in [2.05, 4.69) is 9.47 Å². The Labute approximate surface area is 56.9 Å². The molecule has 0 aliphatic rings. The average molecular weight is 150 g/mol. The molecule has 0 saturated heterocycles. The number of hydrogen-bond donors (Lipinski definition) is 0. The van der Waals surface area contributed by atoms with Crippen LogP contribution in [0.4, 0.5) is 9.18 Å². The molecular formula is C5H7FO4. The van der Waals surface area contributed by atoms with Crippen LogP contribution in [-0.4, -0.2) is 25.4 Å². The van der Waals surface area contributed by atoms with E-state index in [1.807, 2.05) is 0 Å². The van der Waals surface area contributed by atoms with Gasteiger partial charge in [-0.15, -0.1) is 4.39 Å². The van der Waals surface area contributed by atoms with Crippen LogP contribution in [-0.2, 0) is 14.3 Å². The Morgan fingerprint density at radius 2 is 2.00 bits per heavy atom. The zero-order valence-electron chi connectivity index (χ0n) is 5.59. The second kappa shape index (κ2) is 3.81. The highest BCUT2D eigenvalue weighted by molar-refractivity contribution is 5.76. The van der Waals surface area contributed by atoms with E-state index in [0.29, 0.717) is 0 Å². The standard InChI is InChI=1S/C5H7FO4/c1-3(4(7)9-2)10-5(6)8/h3H,1-2H3/t3-/m0/s1. The second-order valence-corrected chi connectivity index (χ2v) is 1.52. The predicted octanol–water partition coefficient (Wildman–Crippen LogP) is 0.654. The van der Waals surface area contributed by atoms with Crippen molar-refractivity contribution in [1.82, 2.24) is 0 Å². The third kappa shape index (κ3) is 3.01. The fourth-order valence-corrected chi connectivity index (χ4v) is 0.353. The van der Waals surface area contributed by atoms with Gasteiger partial charge in [-0.1, -0.05) is 0 Å². The smallest absolute Gasteiger partial charge is 0.466 e. The highest BCUT2D eigenvalue weighted by Gasteiger charge is 2.16. The normalized spacial score (nSPS) is 11.9. The molecule has 0 heterocycles. The van der Waals surface area contributed by atoms with Gasteiger partial charge in [0.05, 0.1) is 7.11 Å². The Morgan fingerprint density at radius 1 is 1.50 bits per heavy atom. The molecule has 10 heavy (non-hydrogen) atoms. The molecule has 0 aliphatic carbocycles. The number of ether oxygens (including phenoxy) is 2. The summed E-state index contributed by atoms with van der Waals surface area (Å²) in [4.78, 5) is 20.0. The van der Waals surface area contributed by atoms with Crippen molar-refractivity contribution >= 4 is 12.2 Å². The number of carbonyl (C=O) groups excluding carboxylic acids is 2. The molecule has 0 amide bonds. The highest BCUT2D eigenvalue weighted by atomic mass is 19.1. The van der Waals surface area contributed by atoms with Crippen LogP contribution < -0.4 is 0 Å². The van der Waals surface area contributed by atoms with Crippen molar-refractivity contribution in [1.29, 1.82) is 0 Å². The molecule has 0 N–H and O–H groups in total. The van der Waals surface area contributed by atoms with Gasteiger partial charge in [-0.3, -0.25) is 0 Å². The summed E-state index contributed by atoms with van der Waals surface area (Å²) in [5, 5.41) is 0. The molecule has 0 aromatic carbocycles. The summed E-state index contributed by atoms with van der Waals surface area (Å²) in [5.41, 5.74) is 0. The molecule has 0 saturated carbocycles. The Kier molecular flexibility index (Phi) is 3.38. The van der Waals surface area contributed by atoms with Gasteiger partial charge in [-0.05, 0) is 6.92 Å². The monoisotopic (exact) mass is 150 g/mol. The van der Waals surface area contributed by atoms with Crippen LogP contribution in [0.1, 0.15) is 6.92 Å². The van der Waals surface area contributed by atoms with Crippen LogP contribution in [0.2, 0.25) is 0 Å². The first-order valence-electron chi connectivity index (χ1n) is 2.52. The van der Waals surface area contributed by atoms with Crippen molar-refractivity contribution in [2.45, 2.75) is 13.0 Å². The lowest BCUT2D eigenvalue weighted by atomic mass is 10.4. The van der Waals surface area contributed by atoms with Gasteiger partial charge in [0.1, 0.15) is 0 Å². The number of hydrogen-bond acceptors (Lipinski definition) is 4. The van der Waals surface area contributed by atoms with E-state index in [1.165, 1.54) is 6.92 Å². The quantitative estimate of drug-likeness (QED) is 0.428. The minimum Gasteiger partial charge on any atom is -0.466 e. The largest absolute Gasteiger partial charge is 0.496 e. The zero-order chi connectivity index (χ0) is 8.15. The van der Waals surface area contributed by atoms with Gasteiger partial charge in [-0.25, -0.2) is 9.59 Å². The van der Waals surface area contributed by atoms with E-state index in [1.54, 1.807) is 0 Å². The van der Waals surface area contributed by atoms with E-state index in [0.717, 1.165) is 7.11 Å². The van der Waals surface area contributed by atoms with Crippen molar-refractivity contribution in [2.75, 3.05) is 7.11 Å². The number of rotatable bonds is 2. The Balaban J connectivity index is 3.72. The SMILES string of the molecule is COC(=O)[C@H](C)OC(=O)F. The minimum atomic E-state index is -1.99. The van der Waals surface area contributed by atoms with Gasteiger partial charge in [0.2, 0.25) is 0 Å². The Hall–Kier alpha value is -1.13. The summed E-state index contributed by atoms with van der Waals surface area (Å²) in [5.74, 6) is -0.786. The molecule has 0 aliphatic heterocycles. The van der Waals surface area contributed by atoms with Gasteiger partial charge >= 0.3 is 12.2 Å². The van der Waals surface area contributed by atoms with E-state index in [-0.39, 0.29) is 0 Å². The fourth-order valence-electron chi connectivity index (χ4n) is 0.353. The molecule has 0 bridgehead atoms. The van der Waals surface area contributed by atoms with Crippen LogP contribution in [0.5, 0.6) is 0 Å². The maximum atomic E-state index is 11.4. The minimum absolute atomic E-state index is 0.786. The molecule has 4 nitrogen and oxygen atoms in total. The number of halogens is 1. The van der Waals surface area contributed by atoms with Gasteiger partial charge in [-0.2, -0.15) is 0 Å². The molecule has 0 fully saturated rings. The van der Waals surface area contributed by atoms with Crippen LogP contribution in [0.25, 0.3) is 0 Å². The van der Waals surface area contributed by atoms with Crippen molar-refractivity contribution in [3.05, 3.63) is 0 Å². The lowest BCUT2D eigenvalue weighted by molar-refractivity contribution is -0.149. The average Bonchev–Trinajstić information content (AvgIpc) is 1.85. The topological polar surface area (TPSA) is 52.6 Å². The number of carbonyl (C=O) groups is 2.